The van der Waals surface area contributed by atoms with Crippen LogP contribution < -0.4 is 5.32 Å². The fraction of sp³-hybridized carbons (Fsp3) is 0.579. The van der Waals surface area contributed by atoms with Crippen LogP contribution in [0.3, 0.4) is 0 Å². The highest BCUT2D eigenvalue weighted by atomic mass is 35.5. The first-order valence-electron chi connectivity index (χ1n) is 9.22. The molecule has 1 aliphatic heterocycles. The van der Waals surface area contributed by atoms with E-state index in [0.29, 0.717) is 28.7 Å². The Bertz CT molecular complexity index is 633. The first-order chi connectivity index (χ1) is 12.4. The lowest BCUT2D eigenvalue weighted by molar-refractivity contribution is -0.132. The Balaban J connectivity index is 1.97. The summed E-state index contributed by atoms with van der Waals surface area (Å²) >= 11 is 11.9. The minimum Gasteiger partial charge on any atom is -0.343 e. The van der Waals surface area contributed by atoms with E-state index in [1.54, 1.807) is 23.1 Å². The SMILES string of the molecule is CCC(C)N(CCC(=O)N1CCCCC1)C(=O)Nc1ccc(Cl)c(Cl)c1. The molecule has 0 aliphatic carbocycles. The topological polar surface area (TPSA) is 52.7 Å². The molecule has 7 heteroatoms. The van der Waals surface area contributed by atoms with E-state index in [-0.39, 0.29) is 18.0 Å². The van der Waals surface area contributed by atoms with Crippen LogP contribution in [0, 0.1) is 0 Å². The fourth-order valence-corrected chi connectivity index (χ4v) is 3.33. The molecule has 5 nitrogen and oxygen atoms in total. The third kappa shape index (κ3) is 5.78. The zero-order valence-electron chi connectivity index (χ0n) is 15.4. The third-order valence-corrected chi connectivity index (χ3v) is 5.57. The van der Waals surface area contributed by atoms with Gasteiger partial charge in [-0.15, -0.1) is 0 Å². The Labute approximate surface area is 165 Å². The van der Waals surface area contributed by atoms with Crippen molar-refractivity contribution in [2.45, 2.75) is 52.0 Å². The molecule has 1 N–H and O–H groups in total. The molecule has 1 aliphatic rings. The summed E-state index contributed by atoms with van der Waals surface area (Å²) in [4.78, 5) is 28.7. The Morgan fingerprint density at radius 3 is 2.50 bits per heavy atom. The lowest BCUT2D eigenvalue weighted by Crippen LogP contribution is -2.44. The highest BCUT2D eigenvalue weighted by Gasteiger charge is 2.22. The number of likely N-dealkylation sites (tertiary alicyclic amines) is 1. The third-order valence-electron chi connectivity index (χ3n) is 4.83. The maximum atomic E-state index is 12.7. The van der Waals surface area contributed by atoms with E-state index in [0.717, 1.165) is 32.4 Å². The number of carbonyl (C=O) groups excluding carboxylic acids is 2. The van der Waals surface area contributed by atoms with Crippen LogP contribution in [0.1, 0.15) is 46.0 Å². The fourth-order valence-electron chi connectivity index (χ4n) is 3.03. The number of rotatable bonds is 6. The minimum atomic E-state index is -0.232. The van der Waals surface area contributed by atoms with Gasteiger partial charge < -0.3 is 15.1 Å². The van der Waals surface area contributed by atoms with E-state index in [1.165, 1.54) is 6.42 Å². The second-order valence-corrected chi connectivity index (χ2v) is 7.52. The van der Waals surface area contributed by atoms with Crippen molar-refractivity contribution in [1.29, 1.82) is 0 Å². The van der Waals surface area contributed by atoms with Crippen molar-refractivity contribution in [3.05, 3.63) is 28.2 Å². The van der Waals surface area contributed by atoms with E-state index in [1.807, 2.05) is 18.7 Å². The molecule has 1 aromatic carbocycles. The van der Waals surface area contributed by atoms with Gasteiger partial charge in [0.05, 0.1) is 10.0 Å². The molecule has 3 amide bonds. The molecule has 2 rings (SSSR count). The van der Waals surface area contributed by atoms with Gasteiger partial charge in [-0.2, -0.15) is 0 Å². The monoisotopic (exact) mass is 399 g/mol. The maximum Gasteiger partial charge on any atom is 0.322 e. The Morgan fingerprint density at radius 2 is 1.88 bits per heavy atom. The quantitative estimate of drug-likeness (QED) is 0.728. The van der Waals surface area contributed by atoms with Crippen LogP contribution >= 0.6 is 23.2 Å². The summed E-state index contributed by atoms with van der Waals surface area (Å²) in [5.74, 6) is 0.125. The summed E-state index contributed by atoms with van der Waals surface area (Å²) in [5, 5.41) is 3.68. The van der Waals surface area contributed by atoms with Crippen molar-refractivity contribution in [1.82, 2.24) is 9.80 Å². The molecular weight excluding hydrogens is 373 g/mol. The van der Waals surface area contributed by atoms with Gasteiger partial charge in [0.15, 0.2) is 0 Å². The summed E-state index contributed by atoms with van der Waals surface area (Å²) in [6, 6.07) is 4.78. The summed E-state index contributed by atoms with van der Waals surface area (Å²) in [6.07, 6.45) is 4.48. The largest absolute Gasteiger partial charge is 0.343 e. The summed E-state index contributed by atoms with van der Waals surface area (Å²) < 4.78 is 0. The molecule has 0 aromatic heterocycles. The molecule has 0 spiro atoms. The molecule has 26 heavy (non-hydrogen) atoms. The Kier molecular flexibility index (Phi) is 8.04. The molecule has 1 heterocycles. The van der Waals surface area contributed by atoms with Crippen molar-refractivity contribution in [2.75, 3.05) is 25.0 Å². The number of amides is 3. The molecule has 0 bridgehead atoms. The lowest BCUT2D eigenvalue weighted by atomic mass is 10.1. The van der Waals surface area contributed by atoms with E-state index in [9.17, 15) is 9.59 Å². The van der Waals surface area contributed by atoms with Gasteiger partial charge >= 0.3 is 6.03 Å². The number of benzene rings is 1. The van der Waals surface area contributed by atoms with Crippen molar-refractivity contribution in [2.24, 2.45) is 0 Å². The minimum absolute atomic E-state index is 0.0342. The van der Waals surface area contributed by atoms with Crippen LogP contribution in [0.15, 0.2) is 18.2 Å². The van der Waals surface area contributed by atoms with Gasteiger partial charge in [-0.25, -0.2) is 4.79 Å². The van der Waals surface area contributed by atoms with Gasteiger partial charge in [0.25, 0.3) is 0 Å². The van der Waals surface area contributed by atoms with Gasteiger partial charge in [0, 0.05) is 37.8 Å². The second-order valence-electron chi connectivity index (χ2n) is 6.70. The summed E-state index contributed by atoms with van der Waals surface area (Å²) in [6.45, 7) is 6.07. The van der Waals surface area contributed by atoms with Gasteiger partial charge in [0.1, 0.15) is 0 Å². The first kappa shape index (κ1) is 20.8. The highest BCUT2D eigenvalue weighted by molar-refractivity contribution is 6.42. The second kappa shape index (κ2) is 10.0. The Hall–Kier alpha value is -1.46. The zero-order valence-corrected chi connectivity index (χ0v) is 16.9. The number of carbonyl (C=O) groups is 2. The van der Waals surface area contributed by atoms with Crippen LogP contribution in [-0.2, 0) is 4.79 Å². The number of urea groups is 1. The van der Waals surface area contributed by atoms with E-state index < -0.39 is 0 Å². The number of hydrogen-bond acceptors (Lipinski definition) is 2. The van der Waals surface area contributed by atoms with Crippen molar-refractivity contribution in [3.8, 4) is 0 Å². The van der Waals surface area contributed by atoms with Crippen LogP contribution in [0.25, 0.3) is 0 Å². The molecule has 0 saturated carbocycles. The van der Waals surface area contributed by atoms with E-state index in [4.69, 9.17) is 23.2 Å². The smallest absolute Gasteiger partial charge is 0.322 e. The number of nitrogens with zero attached hydrogens (tertiary/aromatic N) is 2. The van der Waals surface area contributed by atoms with E-state index in [2.05, 4.69) is 5.32 Å². The standard InChI is InChI=1S/C19H27Cl2N3O2/c1-3-14(2)24(12-9-18(25)23-10-5-4-6-11-23)19(26)22-15-7-8-16(20)17(21)13-15/h7-8,13-14H,3-6,9-12H2,1-2H3,(H,22,26). The number of piperidine rings is 1. The zero-order chi connectivity index (χ0) is 19.1. The number of anilines is 1. The molecule has 1 fully saturated rings. The highest BCUT2D eigenvalue weighted by Crippen LogP contribution is 2.25. The van der Waals surface area contributed by atoms with E-state index >= 15 is 0 Å². The number of nitrogens with one attached hydrogen (secondary N) is 1. The molecular formula is C19H27Cl2N3O2. The number of hydrogen-bond donors (Lipinski definition) is 1. The predicted molar refractivity (Wildman–Crippen MR) is 107 cm³/mol. The Morgan fingerprint density at radius 1 is 1.19 bits per heavy atom. The van der Waals surface area contributed by atoms with Crippen LogP contribution in [-0.4, -0.2) is 47.4 Å². The van der Waals surface area contributed by atoms with Crippen molar-refractivity contribution >= 4 is 40.8 Å². The van der Waals surface area contributed by atoms with Gasteiger partial charge in [-0.1, -0.05) is 30.1 Å². The summed E-state index contributed by atoms with van der Waals surface area (Å²) in [5.41, 5.74) is 0.583. The van der Waals surface area contributed by atoms with Crippen LogP contribution in [0.5, 0.6) is 0 Å². The predicted octanol–water partition coefficient (Wildman–Crippen LogP) is 5.03. The van der Waals surface area contributed by atoms with Crippen molar-refractivity contribution < 1.29 is 9.59 Å². The maximum absolute atomic E-state index is 12.7. The average Bonchev–Trinajstić information content (AvgIpc) is 2.65. The van der Waals surface area contributed by atoms with Gasteiger partial charge in [-0.05, 0) is 50.8 Å². The van der Waals surface area contributed by atoms with Crippen molar-refractivity contribution in [3.63, 3.8) is 0 Å². The first-order valence-corrected chi connectivity index (χ1v) is 9.98. The normalized spacial score (nSPS) is 15.5. The summed E-state index contributed by atoms with van der Waals surface area (Å²) in [7, 11) is 0. The molecule has 1 saturated heterocycles. The molecule has 1 aromatic rings. The van der Waals surface area contributed by atoms with Crippen LogP contribution in [0.2, 0.25) is 10.0 Å². The number of halogens is 2. The average molecular weight is 400 g/mol. The van der Waals surface area contributed by atoms with Gasteiger partial charge in [-0.3, -0.25) is 4.79 Å². The molecule has 144 valence electrons. The van der Waals surface area contributed by atoms with Gasteiger partial charge in [0.2, 0.25) is 5.91 Å². The lowest BCUT2D eigenvalue weighted by Gasteiger charge is -2.31. The molecule has 1 unspecified atom stereocenters. The molecule has 1 atom stereocenters. The molecule has 0 radical (unpaired) electrons. The van der Waals surface area contributed by atoms with Crippen LogP contribution in [0.4, 0.5) is 10.5 Å².